The Labute approximate surface area is 109 Å². The number of nitrogen functional groups attached to an aromatic ring is 1. The first-order chi connectivity index (χ1) is 8.58. The molecule has 1 unspecified atom stereocenters. The molecule has 1 aromatic carbocycles. The molecule has 4 heteroatoms. The van der Waals surface area contributed by atoms with Crippen LogP contribution in [0.1, 0.15) is 33.6 Å². The van der Waals surface area contributed by atoms with Crippen LogP contribution in [-0.2, 0) is 4.79 Å². The van der Waals surface area contributed by atoms with E-state index in [-0.39, 0.29) is 11.9 Å². The average molecular weight is 250 g/mol. The van der Waals surface area contributed by atoms with Crippen molar-refractivity contribution in [2.24, 2.45) is 0 Å². The molecule has 0 heterocycles. The summed E-state index contributed by atoms with van der Waals surface area (Å²) in [4.78, 5) is 11.9. The van der Waals surface area contributed by atoms with E-state index in [0.29, 0.717) is 11.4 Å². The van der Waals surface area contributed by atoms with E-state index in [2.05, 4.69) is 19.2 Å². The van der Waals surface area contributed by atoms with Gasteiger partial charge in [-0.3, -0.25) is 4.79 Å². The zero-order chi connectivity index (χ0) is 13.5. The van der Waals surface area contributed by atoms with E-state index >= 15 is 0 Å². The van der Waals surface area contributed by atoms with Crippen molar-refractivity contribution in [1.82, 2.24) is 5.32 Å². The first-order valence-corrected chi connectivity index (χ1v) is 6.40. The number of carbonyl (C=O) groups is 1. The number of ether oxygens (including phenoxy) is 1. The molecule has 1 aromatic rings. The predicted molar refractivity (Wildman–Crippen MR) is 73.5 cm³/mol. The molecule has 1 amide bonds. The van der Waals surface area contributed by atoms with Gasteiger partial charge in [-0.1, -0.05) is 26.0 Å². The summed E-state index contributed by atoms with van der Waals surface area (Å²) in [6.45, 7) is 5.83. The molecule has 1 atom stereocenters. The van der Waals surface area contributed by atoms with E-state index in [0.717, 1.165) is 12.8 Å². The minimum Gasteiger partial charge on any atom is -0.479 e. The molecule has 3 N–H and O–H groups in total. The Kier molecular flexibility index (Phi) is 5.49. The molecule has 0 aliphatic rings. The van der Waals surface area contributed by atoms with Crippen molar-refractivity contribution in [3.8, 4) is 5.75 Å². The fourth-order valence-electron chi connectivity index (χ4n) is 1.64. The summed E-state index contributed by atoms with van der Waals surface area (Å²) in [6.07, 6.45) is 1.29. The maximum atomic E-state index is 11.9. The number of hydrogen-bond acceptors (Lipinski definition) is 3. The van der Waals surface area contributed by atoms with E-state index in [4.69, 9.17) is 10.5 Å². The van der Waals surface area contributed by atoms with Crippen molar-refractivity contribution in [3.05, 3.63) is 24.3 Å². The Morgan fingerprint density at radius 2 is 1.94 bits per heavy atom. The predicted octanol–water partition coefficient (Wildman–Crippen LogP) is 2.34. The molecule has 0 aliphatic carbocycles. The maximum Gasteiger partial charge on any atom is 0.260 e. The van der Waals surface area contributed by atoms with Gasteiger partial charge in [0.2, 0.25) is 0 Å². The fraction of sp³-hybridized carbons (Fsp3) is 0.500. The highest BCUT2D eigenvalue weighted by atomic mass is 16.5. The smallest absolute Gasteiger partial charge is 0.260 e. The van der Waals surface area contributed by atoms with Crippen LogP contribution >= 0.6 is 0 Å². The van der Waals surface area contributed by atoms with Gasteiger partial charge in [0.25, 0.3) is 5.91 Å². The van der Waals surface area contributed by atoms with Gasteiger partial charge in [0.15, 0.2) is 6.10 Å². The van der Waals surface area contributed by atoms with Gasteiger partial charge in [-0.15, -0.1) is 0 Å². The molecular weight excluding hydrogens is 228 g/mol. The van der Waals surface area contributed by atoms with Crippen molar-refractivity contribution in [2.45, 2.75) is 45.8 Å². The standard InChI is InChI=1S/C14H22N2O2/c1-4-11(5-2)16-14(17)10(3)18-13-9-7-6-8-12(13)15/h6-11H,4-5,15H2,1-3H3,(H,16,17). The summed E-state index contributed by atoms with van der Waals surface area (Å²) in [5.41, 5.74) is 6.31. The van der Waals surface area contributed by atoms with Gasteiger partial charge in [-0.2, -0.15) is 0 Å². The molecule has 0 saturated carbocycles. The number of hydrogen-bond donors (Lipinski definition) is 2. The quantitative estimate of drug-likeness (QED) is 0.762. The van der Waals surface area contributed by atoms with Crippen LogP contribution in [0.15, 0.2) is 24.3 Å². The van der Waals surface area contributed by atoms with Crippen molar-refractivity contribution in [1.29, 1.82) is 0 Å². The highest BCUT2D eigenvalue weighted by molar-refractivity contribution is 5.81. The lowest BCUT2D eigenvalue weighted by atomic mass is 10.1. The number of nitrogens with one attached hydrogen (secondary N) is 1. The van der Waals surface area contributed by atoms with Crippen LogP contribution in [0.25, 0.3) is 0 Å². The topological polar surface area (TPSA) is 64.3 Å². The third-order valence-corrected chi connectivity index (χ3v) is 2.92. The van der Waals surface area contributed by atoms with Gasteiger partial charge in [0, 0.05) is 6.04 Å². The molecule has 0 aliphatic heterocycles. The molecule has 1 rings (SSSR count). The summed E-state index contributed by atoms with van der Waals surface area (Å²) in [5, 5.41) is 2.95. The zero-order valence-electron chi connectivity index (χ0n) is 11.3. The second kappa shape index (κ2) is 6.89. The molecular formula is C14H22N2O2. The third-order valence-electron chi connectivity index (χ3n) is 2.92. The molecule has 0 aromatic heterocycles. The van der Waals surface area contributed by atoms with Crippen LogP contribution in [0.4, 0.5) is 5.69 Å². The van der Waals surface area contributed by atoms with E-state index in [1.807, 2.05) is 12.1 Å². The number of rotatable bonds is 6. The third kappa shape index (κ3) is 3.95. The number of amides is 1. The van der Waals surface area contributed by atoms with E-state index in [1.54, 1.807) is 19.1 Å². The lowest BCUT2D eigenvalue weighted by Gasteiger charge is -2.20. The Bertz CT molecular complexity index is 389. The van der Waals surface area contributed by atoms with Crippen molar-refractivity contribution in [3.63, 3.8) is 0 Å². The molecule has 4 nitrogen and oxygen atoms in total. The summed E-state index contributed by atoms with van der Waals surface area (Å²) in [6, 6.07) is 7.38. The summed E-state index contributed by atoms with van der Waals surface area (Å²) in [5.74, 6) is 0.441. The largest absolute Gasteiger partial charge is 0.479 e. The van der Waals surface area contributed by atoms with Crippen molar-refractivity contribution >= 4 is 11.6 Å². The van der Waals surface area contributed by atoms with E-state index in [1.165, 1.54) is 0 Å². The van der Waals surface area contributed by atoms with Crippen LogP contribution in [0.5, 0.6) is 5.75 Å². The number of benzene rings is 1. The number of anilines is 1. The molecule has 0 saturated heterocycles. The number of nitrogens with two attached hydrogens (primary N) is 1. The first kappa shape index (κ1) is 14.4. The number of carbonyl (C=O) groups excluding carboxylic acids is 1. The van der Waals surface area contributed by atoms with Gasteiger partial charge in [-0.05, 0) is 31.9 Å². The van der Waals surface area contributed by atoms with Gasteiger partial charge >= 0.3 is 0 Å². The van der Waals surface area contributed by atoms with Crippen molar-refractivity contribution in [2.75, 3.05) is 5.73 Å². The average Bonchev–Trinajstić information content (AvgIpc) is 2.38. The van der Waals surface area contributed by atoms with Gasteiger partial charge < -0.3 is 15.8 Å². The molecule has 0 spiro atoms. The molecule has 100 valence electrons. The number of para-hydroxylation sites is 2. The SMILES string of the molecule is CCC(CC)NC(=O)C(C)Oc1ccccc1N. The van der Waals surface area contributed by atoms with Gasteiger partial charge in [0.05, 0.1) is 5.69 Å². The Morgan fingerprint density at radius 1 is 1.33 bits per heavy atom. The lowest BCUT2D eigenvalue weighted by Crippen LogP contribution is -2.42. The lowest BCUT2D eigenvalue weighted by molar-refractivity contribution is -0.128. The van der Waals surface area contributed by atoms with Crippen LogP contribution in [0.2, 0.25) is 0 Å². The van der Waals surface area contributed by atoms with Crippen LogP contribution in [0, 0.1) is 0 Å². The summed E-state index contributed by atoms with van der Waals surface area (Å²) >= 11 is 0. The fourth-order valence-corrected chi connectivity index (χ4v) is 1.64. The normalized spacial score (nSPS) is 12.2. The van der Waals surface area contributed by atoms with Crippen LogP contribution < -0.4 is 15.8 Å². The van der Waals surface area contributed by atoms with Crippen molar-refractivity contribution < 1.29 is 9.53 Å². The van der Waals surface area contributed by atoms with Gasteiger partial charge in [-0.25, -0.2) is 0 Å². The first-order valence-electron chi connectivity index (χ1n) is 6.40. The second-order valence-electron chi connectivity index (χ2n) is 4.32. The zero-order valence-corrected chi connectivity index (χ0v) is 11.3. The minimum absolute atomic E-state index is 0.105. The monoisotopic (exact) mass is 250 g/mol. The Balaban J connectivity index is 2.57. The highest BCUT2D eigenvalue weighted by Crippen LogP contribution is 2.21. The maximum absolute atomic E-state index is 11.9. The highest BCUT2D eigenvalue weighted by Gasteiger charge is 2.17. The Morgan fingerprint density at radius 3 is 2.50 bits per heavy atom. The van der Waals surface area contributed by atoms with Gasteiger partial charge in [0.1, 0.15) is 5.75 Å². The van der Waals surface area contributed by atoms with E-state index in [9.17, 15) is 4.79 Å². The second-order valence-corrected chi connectivity index (χ2v) is 4.32. The van der Waals surface area contributed by atoms with Crippen LogP contribution in [-0.4, -0.2) is 18.1 Å². The minimum atomic E-state index is -0.546. The summed E-state index contributed by atoms with van der Waals surface area (Å²) in [7, 11) is 0. The van der Waals surface area contributed by atoms with Crippen LogP contribution in [0.3, 0.4) is 0 Å². The van der Waals surface area contributed by atoms with E-state index < -0.39 is 6.10 Å². The molecule has 0 bridgehead atoms. The molecule has 0 radical (unpaired) electrons. The Hall–Kier alpha value is -1.71. The molecule has 18 heavy (non-hydrogen) atoms. The summed E-state index contributed by atoms with van der Waals surface area (Å²) < 4.78 is 5.56. The molecule has 0 fully saturated rings.